The van der Waals surface area contributed by atoms with E-state index in [-0.39, 0.29) is 10.9 Å². The number of nitriles is 1. The van der Waals surface area contributed by atoms with E-state index in [0.29, 0.717) is 12.1 Å². The van der Waals surface area contributed by atoms with E-state index in [1.807, 2.05) is 36.0 Å². The molecule has 0 N–H and O–H groups in total. The fourth-order valence-electron chi connectivity index (χ4n) is 2.98. The van der Waals surface area contributed by atoms with Crippen LogP contribution < -0.4 is 0 Å². The van der Waals surface area contributed by atoms with E-state index in [1.54, 1.807) is 16.4 Å². The maximum absolute atomic E-state index is 12.9. The second kappa shape index (κ2) is 5.59. The highest BCUT2D eigenvalue weighted by molar-refractivity contribution is 7.89. The molecule has 2 aromatic rings. The van der Waals surface area contributed by atoms with Gasteiger partial charge in [-0.15, -0.1) is 0 Å². The van der Waals surface area contributed by atoms with Crippen LogP contribution in [0.4, 0.5) is 0 Å². The number of benzene rings is 1. The first-order valence-electron chi connectivity index (χ1n) is 7.17. The lowest BCUT2D eigenvalue weighted by Gasteiger charge is -2.24. The molecule has 1 unspecified atom stereocenters. The molecule has 2 heterocycles. The van der Waals surface area contributed by atoms with E-state index in [4.69, 9.17) is 5.26 Å². The van der Waals surface area contributed by atoms with Crippen molar-refractivity contribution in [2.75, 3.05) is 6.54 Å². The standard InChI is InChI=1S/C16H17N3O2S/c1-18-10-2-4-15(18)16-5-3-11-19(16)22(20,21)14-8-6-13(12-17)7-9-14/h2,4,6-10,16H,3,5,11H2,1H3. The van der Waals surface area contributed by atoms with Crippen LogP contribution in [0.1, 0.15) is 30.1 Å². The van der Waals surface area contributed by atoms with Gasteiger partial charge in [0.15, 0.2) is 0 Å². The van der Waals surface area contributed by atoms with Crippen LogP contribution in [0.25, 0.3) is 0 Å². The van der Waals surface area contributed by atoms with Gasteiger partial charge in [-0.3, -0.25) is 0 Å². The van der Waals surface area contributed by atoms with Gasteiger partial charge in [-0.2, -0.15) is 9.57 Å². The molecule has 1 aromatic carbocycles. The highest BCUT2D eigenvalue weighted by Crippen LogP contribution is 2.36. The first-order valence-corrected chi connectivity index (χ1v) is 8.61. The number of sulfonamides is 1. The number of aromatic nitrogens is 1. The average Bonchev–Trinajstić information content (AvgIpc) is 3.15. The minimum absolute atomic E-state index is 0.124. The Morgan fingerprint density at radius 2 is 1.95 bits per heavy atom. The van der Waals surface area contributed by atoms with Crippen molar-refractivity contribution in [2.24, 2.45) is 7.05 Å². The van der Waals surface area contributed by atoms with Crippen molar-refractivity contribution in [2.45, 2.75) is 23.8 Å². The second-order valence-corrected chi connectivity index (χ2v) is 7.34. The summed E-state index contributed by atoms with van der Waals surface area (Å²) in [5.41, 5.74) is 1.47. The van der Waals surface area contributed by atoms with E-state index < -0.39 is 10.0 Å². The minimum Gasteiger partial charge on any atom is -0.353 e. The SMILES string of the molecule is Cn1cccc1C1CCCN1S(=O)(=O)c1ccc(C#N)cc1. The summed E-state index contributed by atoms with van der Waals surface area (Å²) in [5.74, 6) is 0. The smallest absolute Gasteiger partial charge is 0.243 e. The highest BCUT2D eigenvalue weighted by atomic mass is 32.2. The van der Waals surface area contributed by atoms with Crippen molar-refractivity contribution < 1.29 is 8.42 Å². The van der Waals surface area contributed by atoms with Crippen LogP contribution in [-0.2, 0) is 17.1 Å². The van der Waals surface area contributed by atoms with Crippen LogP contribution in [0.5, 0.6) is 0 Å². The van der Waals surface area contributed by atoms with Crippen LogP contribution >= 0.6 is 0 Å². The zero-order valence-corrected chi connectivity index (χ0v) is 13.1. The molecule has 0 bridgehead atoms. The number of nitrogens with zero attached hydrogens (tertiary/aromatic N) is 3. The van der Waals surface area contributed by atoms with Gasteiger partial charge in [0.2, 0.25) is 10.0 Å². The summed E-state index contributed by atoms with van der Waals surface area (Å²) in [6.07, 6.45) is 3.61. The third-order valence-corrected chi connectivity index (χ3v) is 6.04. The molecular formula is C16H17N3O2S. The molecule has 0 radical (unpaired) electrons. The van der Waals surface area contributed by atoms with E-state index >= 15 is 0 Å². The number of aryl methyl sites for hydroxylation is 1. The summed E-state index contributed by atoms with van der Waals surface area (Å²) in [7, 11) is -1.61. The molecule has 1 aliphatic heterocycles. The molecule has 1 atom stereocenters. The maximum Gasteiger partial charge on any atom is 0.243 e. The summed E-state index contributed by atoms with van der Waals surface area (Å²) in [6, 6.07) is 11.9. The molecule has 5 nitrogen and oxygen atoms in total. The zero-order valence-electron chi connectivity index (χ0n) is 12.3. The molecule has 3 rings (SSSR count). The monoisotopic (exact) mass is 315 g/mol. The molecule has 1 aromatic heterocycles. The van der Waals surface area contributed by atoms with Gasteiger partial charge < -0.3 is 4.57 Å². The second-order valence-electron chi connectivity index (χ2n) is 5.45. The topological polar surface area (TPSA) is 66.1 Å². The fourth-order valence-corrected chi connectivity index (χ4v) is 4.65. The largest absolute Gasteiger partial charge is 0.353 e. The van der Waals surface area contributed by atoms with Gasteiger partial charge in [0, 0.05) is 25.5 Å². The molecule has 0 aliphatic carbocycles. The lowest BCUT2D eigenvalue weighted by atomic mass is 10.1. The van der Waals surface area contributed by atoms with Gasteiger partial charge in [-0.1, -0.05) is 0 Å². The molecule has 22 heavy (non-hydrogen) atoms. The predicted octanol–water partition coefficient (Wildman–Crippen LogP) is 2.42. The summed E-state index contributed by atoms with van der Waals surface area (Å²) in [4.78, 5) is 0.243. The van der Waals surface area contributed by atoms with Crippen molar-refractivity contribution in [3.8, 4) is 6.07 Å². The Kier molecular flexibility index (Phi) is 3.77. The van der Waals surface area contributed by atoms with Crippen LogP contribution in [-0.4, -0.2) is 23.8 Å². The molecule has 1 saturated heterocycles. The van der Waals surface area contributed by atoms with Crippen molar-refractivity contribution in [3.63, 3.8) is 0 Å². The zero-order chi connectivity index (χ0) is 15.7. The van der Waals surface area contributed by atoms with Crippen molar-refractivity contribution in [3.05, 3.63) is 53.9 Å². The third-order valence-electron chi connectivity index (χ3n) is 4.12. The van der Waals surface area contributed by atoms with Crippen LogP contribution in [0.2, 0.25) is 0 Å². The van der Waals surface area contributed by atoms with Crippen molar-refractivity contribution in [1.29, 1.82) is 5.26 Å². The lowest BCUT2D eigenvalue weighted by molar-refractivity contribution is 0.384. The number of hydrogen-bond donors (Lipinski definition) is 0. The summed E-state index contributed by atoms with van der Waals surface area (Å²) in [5, 5.41) is 8.83. The molecule has 0 spiro atoms. The Morgan fingerprint density at radius 1 is 1.23 bits per heavy atom. The lowest BCUT2D eigenvalue weighted by Crippen LogP contribution is -2.31. The van der Waals surface area contributed by atoms with Gasteiger partial charge in [-0.05, 0) is 49.2 Å². The molecule has 1 aliphatic rings. The van der Waals surface area contributed by atoms with Crippen LogP contribution in [0, 0.1) is 11.3 Å². The van der Waals surface area contributed by atoms with Crippen LogP contribution in [0.3, 0.4) is 0 Å². The van der Waals surface area contributed by atoms with Gasteiger partial charge in [0.25, 0.3) is 0 Å². The predicted molar refractivity (Wildman–Crippen MR) is 82.4 cm³/mol. The first kappa shape index (κ1) is 14.8. The van der Waals surface area contributed by atoms with Gasteiger partial charge in [0.1, 0.15) is 0 Å². The average molecular weight is 315 g/mol. The Bertz CT molecular complexity index is 816. The van der Waals surface area contributed by atoms with Crippen LogP contribution in [0.15, 0.2) is 47.5 Å². The summed E-state index contributed by atoms with van der Waals surface area (Å²) < 4.78 is 29.3. The molecule has 114 valence electrons. The highest BCUT2D eigenvalue weighted by Gasteiger charge is 2.37. The van der Waals surface area contributed by atoms with E-state index in [2.05, 4.69) is 0 Å². The maximum atomic E-state index is 12.9. The third kappa shape index (κ3) is 2.43. The van der Waals surface area contributed by atoms with Crippen molar-refractivity contribution in [1.82, 2.24) is 8.87 Å². The Morgan fingerprint density at radius 3 is 2.55 bits per heavy atom. The fraction of sp³-hybridized carbons (Fsp3) is 0.312. The van der Waals surface area contributed by atoms with E-state index in [9.17, 15) is 8.42 Å². The van der Waals surface area contributed by atoms with Crippen molar-refractivity contribution >= 4 is 10.0 Å². The Balaban J connectivity index is 1.97. The normalized spacial score (nSPS) is 19.2. The molecule has 0 saturated carbocycles. The first-order chi connectivity index (χ1) is 10.5. The Labute approximate surface area is 130 Å². The number of rotatable bonds is 3. The van der Waals surface area contributed by atoms with Gasteiger partial charge in [0.05, 0.1) is 22.6 Å². The van der Waals surface area contributed by atoms with Gasteiger partial charge in [-0.25, -0.2) is 8.42 Å². The minimum atomic E-state index is -3.55. The quantitative estimate of drug-likeness (QED) is 0.873. The summed E-state index contributed by atoms with van der Waals surface area (Å²) in [6.45, 7) is 0.526. The van der Waals surface area contributed by atoms with Gasteiger partial charge >= 0.3 is 0 Å². The molecular weight excluding hydrogens is 298 g/mol. The van der Waals surface area contributed by atoms with E-state index in [0.717, 1.165) is 18.5 Å². The molecule has 6 heteroatoms. The molecule has 1 fully saturated rings. The Hall–Kier alpha value is -2.10. The molecule has 0 amide bonds. The number of hydrogen-bond acceptors (Lipinski definition) is 3. The van der Waals surface area contributed by atoms with E-state index in [1.165, 1.54) is 12.1 Å². The summed E-state index contributed by atoms with van der Waals surface area (Å²) >= 11 is 0.